The molecule has 0 bridgehead atoms. The van der Waals surface area contributed by atoms with Crippen LogP contribution in [0.5, 0.6) is 5.75 Å². The van der Waals surface area contributed by atoms with Crippen molar-refractivity contribution in [2.75, 3.05) is 17.3 Å². The second kappa shape index (κ2) is 10.9. The number of hydrogen-bond acceptors (Lipinski definition) is 5. The number of fused-ring (bicyclic) bond motifs is 6. The number of ketones is 2. The summed E-state index contributed by atoms with van der Waals surface area (Å²) >= 11 is 0. The summed E-state index contributed by atoms with van der Waals surface area (Å²) in [5.41, 5.74) is 4.93. The van der Waals surface area contributed by atoms with Gasteiger partial charge in [-0.1, -0.05) is 92.7 Å². The van der Waals surface area contributed by atoms with E-state index in [1.54, 1.807) is 31.4 Å². The van der Waals surface area contributed by atoms with E-state index in [-0.39, 0.29) is 17.5 Å². The largest absolute Gasteiger partial charge is 0.497 e. The second-order valence-corrected chi connectivity index (χ2v) is 12.8. The number of methoxy groups -OCH3 is 1. The lowest BCUT2D eigenvalue weighted by Crippen LogP contribution is -2.51. The van der Waals surface area contributed by atoms with Crippen molar-refractivity contribution in [3.8, 4) is 5.75 Å². The van der Waals surface area contributed by atoms with Crippen LogP contribution in [0.15, 0.2) is 103 Å². The zero-order valence-electron chi connectivity index (χ0n) is 25.9. The topological polar surface area (TPSA) is 75.7 Å². The standard InChI is InChI=1S/C39H36N2O4/c1-23(2)20-25-16-18-26(19-17-25)36(42)34-35(37(43)27-10-9-11-28(22-27)45-4)41-32-15-8-5-12-29(32)24(3)21-33(41)39(34)30-13-6-7-14-31(30)40-38(39)44/h5-19,21-23,33-35H,20H2,1-4H3,(H,40,44)/t33-,34+,35-,39-/m0/s1. The number of amides is 1. The van der Waals surface area contributed by atoms with Crippen LogP contribution in [0.2, 0.25) is 0 Å². The summed E-state index contributed by atoms with van der Waals surface area (Å²) in [6.45, 7) is 6.36. The number of Topliss-reactive ketones (excluding diaryl/α,β-unsaturated/α-hetero) is 2. The predicted molar refractivity (Wildman–Crippen MR) is 177 cm³/mol. The van der Waals surface area contributed by atoms with Gasteiger partial charge >= 0.3 is 0 Å². The van der Waals surface area contributed by atoms with Crippen LogP contribution in [0.4, 0.5) is 11.4 Å². The highest BCUT2D eigenvalue weighted by atomic mass is 16.5. The number of benzene rings is 4. The van der Waals surface area contributed by atoms with Crippen molar-refractivity contribution in [3.05, 3.63) is 131 Å². The first-order valence-corrected chi connectivity index (χ1v) is 15.5. The van der Waals surface area contributed by atoms with E-state index in [1.807, 2.05) is 84.6 Å². The van der Waals surface area contributed by atoms with E-state index in [4.69, 9.17) is 4.74 Å². The van der Waals surface area contributed by atoms with Crippen molar-refractivity contribution in [1.29, 1.82) is 0 Å². The predicted octanol–water partition coefficient (Wildman–Crippen LogP) is 7.14. The molecule has 7 rings (SSSR count). The molecule has 0 saturated carbocycles. The molecule has 6 heteroatoms. The fraction of sp³-hybridized carbons (Fsp3) is 0.256. The minimum Gasteiger partial charge on any atom is -0.497 e. The highest BCUT2D eigenvalue weighted by Gasteiger charge is 2.70. The van der Waals surface area contributed by atoms with E-state index >= 15 is 4.79 Å². The summed E-state index contributed by atoms with van der Waals surface area (Å²) < 4.78 is 5.48. The van der Waals surface area contributed by atoms with Crippen LogP contribution in [-0.2, 0) is 16.6 Å². The molecule has 3 aliphatic heterocycles. The molecule has 226 valence electrons. The van der Waals surface area contributed by atoms with Crippen molar-refractivity contribution in [2.24, 2.45) is 11.8 Å². The number of allylic oxidation sites excluding steroid dienone is 1. The lowest BCUT2D eigenvalue weighted by Gasteiger charge is -2.39. The molecule has 0 radical (unpaired) electrons. The maximum Gasteiger partial charge on any atom is 0.238 e. The molecule has 1 N–H and O–H groups in total. The van der Waals surface area contributed by atoms with Crippen LogP contribution in [-0.4, -0.2) is 36.7 Å². The first-order chi connectivity index (χ1) is 21.7. The number of rotatable bonds is 7. The van der Waals surface area contributed by atoms with Crippen molar-refractivity contribution in [1.82, 2.24) is 0 Å². The molecule has 0 aliphatic carbocycles. The van der Waals surface area contributed by atoms with Crippen LogP contribution in [0.1, 0.15) is 58.2 Å². The van der Waals surface area contributed by atoms with E-state index in [1.165, 1.54) is 0 Å². The number of nitrogens with zero attached hydrogens (tertiary/aromatic N) is 1. The van der Waals surface area contributed by atoms with Crippen molar-refractivity contribution >= 4 is 34.4 Å². The molecule has 3 aliphatic rings. The number of hydrogen-bond donors (Lipinski definition) is 1. The third-order valence-electron chi connectivity index (χ3n) is 9.67. The van der Waals surface area contributed by atoms with Gasteiger partial charge in [0.1, 0.15) is 17.2 Å². The zero-order chi connectivity index (χ0) is 31.5. The summed E-state index contributed by atoms with van der Waals surface area (Å²) in [4.78, 5) is 46.7. The van der Waals surface area contributed by atoms with Crippen molar-refractivity contribution in [3.63, 3.8) is 0 Å². The quantitative estimate of drug-likeness (QED) is 0.230. The molecule has 1 spiro atoms. The minimum atomic E-state index is -1.35. The van der Waals surface area contributed by atoms with Crippen LogP contribution < -0.4 is 15.0 Å². The number of ether oxygens (including phenoxy) is 1. The van der Waals surface area contributed by atoms with Crippen molar-refractivity contribution < 1.29 is 19.1 Å². The van der Waals surface area contributed by atoms with Gasteiger partial charge in [-0.15, -0.1) is 0 Å². The number of carbonyl (C=O) groups is 3. The maximum atomic E-state index is 15.1. The Kier molecular flexibility index (Phi) is 6.96. The van der Waals surface area contributed by atoms with Gasteiger partial charge in [0.2, 0.25) is 5.91 Å². The Labute approximate surface area is 263 Å². The number of carbonyl (C=O) groups excluding carboxylic acids is 3. The summed E-state index contributed by atoms with van der Waals surface area (Å²) in [7, 11) is 1.56. The Balaban J connectivity index is 1.50. The summed E-state index contributed by atoms with van der Waals surface area (Å²) in [6.07, 6.45) is 2.97. The normalized spacial score (nSPS) is 22.9. The van der Waals surface area contributed by atoms with Gasteiger partial charge in [-0.3, -0.25) is 14.4 Å². The van der Waals surface area contributed by atoms with E-state index in [0.717, 1.165) is 34.4 Å². The number of para-hydroxylation sites is 2. The molecule has 1 amide bonds. The van der Waals surface area contributed by atoms with Crippen LogP contribution >= 0.6 is 0 Å². The molecular weight excluding hydrogens is 560 g/mol. The molecule has 1 saturated heterocycles. The molecule has 1 fully saturated rings. The first kappa shape index (κ1) is 28.8. The Morgan fingerprint density at radius 2 is 1.62 bits per heavy atom. The Bertz CT molecular complexity index is 1870. The Hall–Kier alpha value is -4.97. The zero-order valence-corrected chi connectivity index (χ0v) is 25.9. The van der Waals surface area contributed by atoms with Crippen LogP contribution in [0.25, 0.3) is 5.57 Å². The van der Waals surface area contributed by atoms with E-state index in [0.29, 0.717) is 28.5 Å². The SMILES string of the molecule is COc1cccc(C(=O)[C@@H]2[C@H](C(=O)c3ccc(CC(C)C)cc3)[C@@]3(C(=O)Nc4ccccc43)[C@@H]3C=C(C)c4ccccc4N23)c1. The summed E-state index contributed by atoms with van der Waals surface area (Å²) in [6, 6.07) is 28.7. The molecule has 0 aromatic heterocycles. The summed E-state index contributed by atoms with van der Waals surface area (Å²) in [5.74, 6) is -0.719. The van der Waals surface area contributed by atoms with E-state index in [2.05, 4.69) is 25.2 Å². The first-order valence-electron chi connectivity index (χ1n) is 15.5. The molecule has 4 atom stereocenters. The molecule has 6 nitrogen and oxygen atoms in total. The lowest BCUT2D eigenvalue weighted by molar-refractivity contribution is -0.121. The molecule has 3 heterocycles. The smallest absolute Gasteiger partial charge is 0.238 e. The fourth-order valence-corrected chi connectivity index (χ4v) is 7.79. The third kappa shape index (κ3) is 4.34. The Morgan fingerprint density at radius 1 is 0.889 bits per heavy atom. The van der Waals surface area contributed by atoms with E-state index < -0.39 is 23.4 Å². The average Bonchev–Trinajstić information content (AvgIpc) is 3.52. The van der Waals surface area contributed by atoms with Gasteiger partial charge in [0.15, 0.2) is 11.6 Å². The van der Waals surface area contributed by atoms with Gasteiger partial charge in [-0.05, 0) is 60.2 Å². The van der Waals surface area contributed by atoms with Gasteiger partial charge in [0.25, 0.3) is 0 Å². The maximum absolute atomic E-state index is 15.1. The molecule has 4 aromatic rings. The van der Waals surface area contributed by atoms with Crippen LogP contribution in [0, 0.1) is 11.8 Å². The lowest BCUT2D eigenvalue weighted by atomic mass is 9.64. The Morgan fingerprint density at radius 3 is 2.38 bits per heavy atom. The molecule has 0 unspecified atom stereocenters. The average molecular weight is 597 g/mol. The molecular formula is C39H36N2O4. The van der Waals surface area contributed by atoms with Crippen molar-refractivity contribution in [2.45, 2.75) is 44.7 Å². The highest BCUT2D eigenvalue weighted by Crippen LogP contribution is 2.58. The second-order valence-electron chi connectivity index (χ2n) is 12.8. The fourth-order valence-electron chi connectivity index (χ4n) is 7.79. The molecule has 45 heavy (non-hydrogen) atoms. The van der Waals surface area contributed by atoms with Crippen LogP contribution in [0.3, 0.4) is 0 Å². The highest BCUT2D eigenvalue weighted by molar-refractivity contribution is 6.18. The number of anilines is 2. The van der Waals surface area contributed by atoms with Gasteiger partial charge in [-0.2, -0.15) is 0 Å². The van der Waals surface area contributed by atoms with E-state index in [9.17, 15) is 9.59 Å². The minimum absolute atomic E-state index is 0.225. The molecule has 4 aromatic carbocycles. The summed E-state index contributed by atoms with van der Waals surface area (Å²) in [5, 5.41) is 3.11. The van der Waals surface area contributed by atoms with Gasteiger partial charge in [0.05, 0.1) is 19.1 Å². The van der Waals surface area contributed by atoms with Gasteiger partial charge in [0, 0.05) is 28.1 Å². The van der Waals surface area contributed by atoms with Gasteiger partial charge in [-0.25, -0.2) is 0 Å². The monoisotopic (exact) mass is 596 g/mol. The number of nitrogens with one attached hydrogen (secondary N) is 1. The third-order valence-corrected chi connectivity index (χ3v) is 9.67. The van der Waals surface area contributed by atoms with Gasteiger partial charge < -0.3 is 15.0 Å².